The Morgan fingerprint density at radius 1 is 0.741 bits per heavy atom. The van der Waals surface area contributed by atoms with Gasteiger partial charge in [-0.05, 0) is 35.0 Å². The van der Waals surface area contributed by atoms with Gasteiger partial charge in [0.1, 0.15) is 5.82 Å². The highest BCUT2D eigenvalue weighted by atomic mass is 15.1. The second-order valence-electron chi connectivity index (χ2n) is 7.05. The summed E-state index contributed by atoms with van der Waals surface area (Å²) in [6.45, 7) is 0. The van der Waals surface area contributed by atoms with Gasteiger partial charge < -0.3 is 9.55 Å². The Kier molecular flexibility index (Phi) is 2.81. The van der Waals surface area contributed by atoms with Crippen LogP contribution >= 0.6 is 0 Å². The molecule has 0 atom stereocenters. The molecule has 0 aliphatic carbocycles. The van der Waals surface area contributed by atoms with Crippen LogP contribution in [-0.2, 0) is 7.05 Å². The highest BCUT2D eigenvalue weighted by Gasteiger charge is 2.16. The first-order valence-corrected chi connectivity index (χ1v) is 9.15. The minimum atomic E-state index is 0.993. The van der Waals surface area contributed by atoms with E-state index < -0.39 is 0 Å². The van der Waals surface area contributed by atoms with E-state index in [1.54, 1.807) is 0 Å². The lowest BCUT2D eigenvalue weighted by Crippen LogP contribution is -1.93. The number of aromatic amines is 1. The van der Waals surface area contributed by atoms with Crippen molar-refractivity contribution in [2.24, 2.45) is 7.05 Å². The van der Waals surface area contributed by atoms with Gasteiger partial charge in [-0.25, -0.2) is 4.98 Å². The van der Waals surface area contributed by atoms with Crippen molar-refractivity contribution in [3.8, 4) is 11.4 Å². The first-order chi connectivity index (χ1) is 13.3. The minimum Gasteiger partial charge on any atom is -0.354 e. The number of hydrogen-bond acceptors (Lipinski definition) is 1. The van der Waals surface area contributed by atoms with Crippen LogP contribution in [0.3, 0.4) is 0 Å². The second-order valence-corrected chi connectivity index (χ2v) is 7.05. The van der Waals surface area contributed by atoms with Crippen LogP contribution < -0.4 is 0 Å². The van der Waals surface area contributed by atoms with E-state index in [1.807, 2.05) is 6.07 Å². The third-order valence-corrected chi connectivity index (χ3v) is 5.54. The normalized spacial score (nSPS) is 11.9. The van der Waals surface area contributed by atoms with Crippen molar-refractivity contribution in [3.05, 3.63) is 78.9 Å². The number of imidazole rings is 1. The number of H-pyrrole nitrogens is 1. The highest BCUT2D eigenvalue weighted by Crippen LogP contribution is 2.38. The molecule has 3 heteroatoms. The maximum Gasteiger partial charge on any atom is 0.141 e. The number of rotatable bonds is 1. The van der Waals surface area contributed by atoms with Gasteiger partial charge in [-0.2, -0.15) is 0 Å². The lowest BCUT2D eigenvalue weighted by Gasteiger charge is -2.09. The third-order valence-electron chi connectivity index (χ3n) is 5.54. The van der Waals surface area contributed by atoms with Gasteiger partial charge in [0.25, 0.3) is 0 Å². The summed E-state index contributed by atoms with van der Waals surface area (Å²) in [4.78, 5) is 8.54. The summed E-state index contributed by atoms with van der Waals surface area (Å²) in [6.07, 6.45) is 0. The average Bonchev–Trinajstić information content (AvgIpc) is 3.25. The predicted octanol–water partition coefficient (Wildman–Crippen LogP) is 6.03. The summed E-state index contributed by atoms with van der Waals surface area (Å²) in [5, 5.41) is 5.03. The van der Waals surface area contributed by atoms with Gasteiger partial charge >= 0.3 is 0 Å². The fourth-order valence-electron chi connectivity index (χ4n) is 4.29. The molecule has 2 aromatic heterocycles. The van der Waals surface area contributed by atoms with E-state index in [0.717, 1.165) is 27.9 Å². The molecule has 0 spiro atoms. The van der Waals surface area contributed by atoms with Gasteiger partial charge in [0, 0.05) is 34.4 Å². The Morgan fingerprint density at radius 2 is 1.44 bits per heavy atom. The van der Waals surface area contributed by atoms with Gasteiger partial charge in [0.15, 0.2) is 0 Å². The van der Waals surface area contributed by atoms with E-state index in [9.17, 15) is 0 Å². The SMILES string of the molecule is Cn1c(-c2cc3[nH]c4ccccc4c3c3ccccc23)nc2ccccc21. The van der Waals surface area contributed by atoms with Crippen molar-refractivity contribution in [3.63, 3.8) is 0 Å². The molecule has 1 N–H and O–H groups in total. The van der Waals surface area contributed by atoms with Crippen molar-refractivity contribution in [1.29, 1.82) is 0 Å². The van der Waals surface area contributed by atoms with Crippen molar-refractivity contribution in [1.82, 2.24) is 14.5 Å². The quantitative estimate of drug-likeness (QED) is 0.387. The first kappa shape index (κ1) is 14.6. The zero-order valence-corrected chi connectivity index (χ0v) is 14.9. The van der Waals surface area contributed by atoms with Crippen LogP contribution in [0.25, 0.3) is 55.0 Å². The lowest BCUT2D eigenvalue weighted by atomic mass is 9.98. The molecule has 0 unspecified atom stereocenters. The number of nitrogens with zero attached hydrogens (tertiary/aromatic N) is 2. The summed E-state index contributed by atoms with van der Waals surface area (Å²) in [5.74, 6) is 0.993. The van der Waals surface area contributed by atoms with E-state index in [1.165, 1.54) is 27.1 Å². The van der Waals surface area contributed by atoms with Crippen LogP contribution in [0.15, 0.2) is 78.9 Å². The highest BCUT2D eigenvalue weighted by molar-refractivity contribution is 6.23. The van der Waals surface area contributed by atoms with E-state index in [2.05, 4.69) is 89.4 Å². The molecule has 3 nitrogen and oxygen atoms in total. The largest absolute Gasteiger partial charge is 0.354 e. The monoisotopic (exact) mass is 347 g/mol. The molecule has 0 aliphatic heterocycles. The number of para-hydroxylation sites is 3. The third kappa shape index (κ3) is 1.94. The van der Waals surface area contributed by atoms with Crippen LogP contribution in [0.4, 0.5) is 0 Å². The smallest absolute Gasteiger partial charge is 0.141 e. The molecule has 0 saturated carbocycles. The van der Waals surface area contributed by atoms with Crippen LogP contribution in [0.1, 0.15) is 0 Å². The Morgan fingerprint density at radius 3 is 2.30 bits per heavy atom. The van der Waals surface area contributed by atoms with Gasteiger partial charge in [0.2, 0.25) is 0 Å². The topological polar surface area (TPSA) is 33.6 Å². The molecule has 2 heterocycles. The van der Waals surface area contributed by atoms with Crippen LogP contribution in [0, 0.1) is 0 Å². The number of aryl methyl sites for hydroxylation is 1. The number of benzene rings is 4. The molecule has 0 amide bonds. The maximum atomic E-state index is 4.94. The Hall–Kier alpha value is -3.59. The summed E-state index contributed by atoms with van der Waals surface area (Å²) >= 11 is 0. The minimum absolute atomic E-state index is 0.993. The van der Waals surface area contributed by atoms with E-state index in [-0.39, 0.29) is 0 Å². The molecule has 4 aromatic carbocycles. The molecule has 0 radical (unpaired) electrons. The first-order valence-electron chi connectivity index (χ1n) is 9.15. The summed E-state index contributed by atoms with van der Waals surface area (Å²) in [5.41, 5.74) is 5.64. The van der Waals surface area contributed by atoms with Crippen LogP contribution in [-0.4, -0.2) is 14.5 Å². The zero-order valence-electron chi connectivity index (χ0n) is 14.9. The van der Waals surface area contributed by atoms with Crippen molar-refractivity contribution < 1.29 is 0 Å². The number of hydrogen-bond donors (Lipinski definition) is 1. The molecule has 0 aliphatic rings. The Bertz CT molecular complexity index is 1480. The molecular weight excluding hydrogens is 330 g/mol. The van der Waals surface area contributed by atoms with E-state index in [0.29, 0.717) is 0 Å². The molecule has 6 aromatic rings. The zero-order chi connectivity index (χ0) is 18.0. The van der Waals surface area contributed by atoms with Crippen molar-refractivity contribution >= 4 is 43.6 Å². The summed E-state index contributed by atoms with van der Waals surface area (Å²) in [6, 6.07) is 27.7. The van der Waals surface area contributed by atoms with Crippen LogP contribution in [0.2, 0.25) is 0 Å². The fourth-order valence-corrected chi connectivity index (χ4v) is 4.29. The van der Waals surface area contributed by atoms with Crippen molar-refractivity contribution in [2.75, 3.05) is 0 Å². The van der Waals surface area contributed by atoms with Gasteiger partial charge in [-0.15, -0.1) is 0 Å². The molecule has 27 heavy (non-hydrogen) atoms. The average molecular weight is 347 g/mol. The molecule has 128 valence electrons. The number of nitrogens with one attached hydrogen (secondary N) is 1. The Labute approximate surface area is 155 Å². The van der Waals surface area contributed by atoms with Gasteiger partial charge in [0.05, 0.1) is 11.0 Å². The van der Waals surface area contributed by atoms with E-state index in [4.69, 9.17) is 4.98 Å². The molecule has 0 fully saturated rings. The Balaban J connectivity index is 1.81. The van der Waals surface area contributed by atoms with Crippen LogP contribution in [0.5, 0.6) is 0 Å². The fraction of sp³-hybridized carbons (Fsp3) is 0.0417. The lowest BCUT2D eigenvalue weighted by molar-refractivity contribution is 0.961. The second kappa shape index (κ2) is 5.21. The number of fused-ring (bicyclic) bond motifs is 6. The van der Waals surface area contributed by atoms with Crippen molar-refractivity contribution in [2.45, 2.75) is 0 Å². The number of aromatic nitrogens is 3. The molecular formula is C24H17N3. The summed E-state index contributed by atoms with van der Waals surface area (Å²) in [7, 11) is 2.09. The molecule has 0 bridgehead atoms. The van der Waals surface area contributed by atoms with Gasteiger partial charge in [-0.1, -0.05) is 54.6 Å². The predicted molar refractivity (Wildman–Crippen MR) is 113 cm³/mol. The standard InChI is InChI=1S/C24H17N3/c1-27-22-13-7-6-12-20(22)26-24(27)18-14-21-23(16-9-3-2-8-15(16)18)17-10-4-5-11-19(17)25-21/h2-14,25H,1H3. The molecule has 6 rings (SSSR count). The van der Waals surface area contributed by atoms with Gasteiger partial charge in [-0.3, -0.25) is 0 Å². The summed E-state index contributed by atoms with van der Waals surface area (Å²) < 4.78 is 2.19. The van der Waals surface area contributed by atoms with E-state index >= 15 is 0 Å². The molecule has 0 saturated heterocycles. The maximum absolute atomic E-state index is 4.94.